The fourth-order valence-corrected chi connectivity index (χ4v) is 4.27. The Morgan fingerprint density at radius 2 is 2.25 bits per heavy atom. The largest absolute Gasteiger partial charge is 0.497 e. The predicted molar refractivity (Wildman–Crippen MR) is 95.7 cm³/mol. The van der Waals surface area contributed by atoms with E-state index in [1.165, 1.54) is 5.56 Å². The lowest BCUT2D eigenvalue weighted by atomic mass is 9.76. The third kappa shape index (κ3) is 3.71. The summed E-state index contributed by atoms with van der Waals surface area (Å²) in [5.74, 6) is 0.848. The number of methoxy groups -OCH3 is 1. The van der Waals surface area contributed by atoms with Crippen LogP contribution < -0.4 is 9.64 Å². The van der Waals surface area contributed by atoms with Gasteiger partial charge in [0.25, 0.3) is 0 Å². The van der Waals surface area contributed by atoms with Crippen molar-refractivity contribution in [3.8, 4) is 5.75 Å². The molecule has 0 spiro atoms. The van der Waals surface area contributed by atoms with Crippen LogP contribution in [0.4, 0.5) is 5.13 Å². The second-order valence-corrected chi connectivity index (χ2v) is 7.33. The molecular weight excluding hydrogens is 324 g/mol. The van der Waals surface area contributed by atoms with Crippen molar-refractivity contribution in [2.45, 2.75) is 25.9 Å². The Balaban J connectivity index is 1.77. The third-order valence-corrected chi connectivity index (χ3v) is 5.63. The molecule has 2 heterocycles. The highest BCUT2D eigenvalue weighted by atomic mass is 32.1. The maximum atomic E-state index is 10.1. The summed E-state index contributed by atoms with van der Waals surface area (Å²) in [5, 5.41) is 22.2. The average molecular weight is 348 g/mol. The minimum atomic E-state index is -0.171. The monoisotopic (exact) mass is 348 g/mol. The summed E-state index contributed by atoms with van der Waals surface area (Å²) >= 11 is 1.56. The van der Waals surface area contributed by atoms with Gasteiger partial charge in [-0.25, -0.2) is 4.98 Å². The molecule has 1 aliphatic heterocycles. The molecule has 1 fully saturated rings. The van der Waals surface area contributed by atoms with E-state index < -0.39 is 0 Å². The highest BCUT2D eigenvalue weighted by molar-refractivity contribution is 7.13. The Kier molecular flexibility index (Phi) is 5.38. The van der Waals surface area contributed by atoms with Crippen molar-refractivity contribution in [1.82, 2.24) is 4.98 Å². The van der Waals surface area contributed by atoms with Gasteiger partial charge in [-0.3, -0.25) is 0 Å². The van der Waals surface area contributed by atoms with E-state index in [1.807, 2.05) is 23.6 Å². The molecule has 1 aliphatic rings. The average Bonchev–Trinajstić information content (AvgIpc) is 3.11. The maximum Gasteiger partial charge on any atom is 0.185 e. The molecule has 2 aromatic rings. The second-order valence-electron chi connectivity index (χ2n) is 6.49. The van der Waals surface area contributed by atoms with Gasteiger partial charge in [0.05, 0.1) is 26.0 Å². The summed E-state index contributed by atoms with van der Waals surface area (Å²) in [6, 6.07) is 8.07. The van der Waals surface area contributed by atoms with E-state index in [0.29, 0.717) is 5.69 Å². The smallest absolute Gasteiger partial charge is 0.185 e. The molecule has 0 radical (unpaired) electrons. The van der Waals surface area contributed by atoms with Crippen molar-refractivity contribution in [3.05, 3.63) is 40.9 Å². The molecule has 0 bridgehead atoms. The molecule has 3 rings (SSSR count). The number of anilines is 1. The molecule has 130 valence electrons. The van der Waals surface area contributed by atoms with Crippen LogP contribution in [0.5, 0.6) is 5.75 Å². The molecule has 1 saturated heterocycles. The highest BCUT2D eigenvalue weighted by Gasteiger charge is 2.36. The van der Waals surface area contributed by atoms with E-state index in [-0.39, 0.29) is 18.6 Å². The van der Waals surface area contributed by atoms with Crippen molar-refractivity contribution in [1.29, 1.82) is 0 Å². The van der Waals surface area contributed by atoms with Gasteiger partial charge >= 0.3 is 0 Å². The van der Waals surface area contributed by atoms with Gasteiger partial charge in [0.2, 0.25) is 0 Å². The van der Waals surface area contributed by atoms with Gasteiger partial charge in [0.1, 0.15) is 5.75 Å². The minimum absolute atomic E-state index is 0.0285. The van der Waals surface area contributed by atoms with Crippen molar-refractivity contribution in [2.75, 3.05) is 31.7 Å². The van der Waals surface area contributed by atoms with E-state index in [2.05, 4.69) is 16.0 Å². The lowest BCUT2D eigenvalue weighted by molar-refractivity contribution is 0.105. The Morgan fingerprint density at radius 3 is 2.96 bits per heavy atom. The first-order valence-corrected chi connectivity index (χ1v) is 9.10. The summed E-state index contributed by atoms with van der Waals surface area (Å²) in [6.45, 7) is 1.84. The van der Waals surface area contributed by atoms with Gasteiger partial charge in [-0.05, 0) is 37.0 Å². The van der Waals surface area contributed by atoms with Crippen LogP contribution in [-0.2, 0) is 13.0 Å². The number of aliphatic hydroxyl groups excluding tert-OH is 2. The first kappa shape index (κ1) is 17.2. The van der Waals surface area contributed by atoms with Crippen molar-refractivity contribution in [3.63, 3.8) is 0 Å². The quantitative estimate of drug-likeness (QED) is 0.839. The predicted octanol–water partition coefficient (Wildman–Crippen LogP) is 2.47. The van der Waals surface area contributed by atoms with Crippen LogP contribution in [-0.4, -0.2) is 42.0 Å². The van der Waals surface area contributed by atoms with Crippen molar-refractivity contribution < 1.29 is 14.9 Å². The lowest BCUT2D eigenvalue weighted by Crippen LogP contribution is -2.46. The number of piperidine rings is 1. The van der Waals surface area contributed by atoms with Crippen LogP contribution >= 0.6 is 11.3 Å². The minimum Gasteiger partial charge on any atom is -0.497 e. The lowest BCUT2D eigenvalue weighted by Gasteiger charge is -2.42. The highest BCUT2D eigenvalue weighted by Crippen LogP contribution is 2.36. The molecule has 5 nitrogen and oxygen atoms in total. The van der Waals surface area contributed by atoms with Gasteiger partial charge in [-0.15, -0.1) is 11.3 Å². The molecule has 6 heteroatoms. The Hall–Kier alpha value is -1.63. The number of thiazole rings is 1. The number of hydrogen-bond donors (Lipinski definition) is 2. The van der Waals surface area contributed by atoms with Crippen LogP contribution in [0.25, 0.3) is 0 Å². The number of rotatable bonds is 6. The first-order chi connectivity index (χ1) is 11.7. The van der Waals surface area contributed by atoms with E-state index in [0.717, 1.165) is 43.2 Å². The Bertz CT molecular complexity index is 676. The number of aliphatic hydroxyl groups is 2. The zero-order valence-electron chi connectivity index (χ0n) is 13.9. The van der Waals surface area contributed by atoms with E-state index in [1.54, 1.807) is 18.4 Å². The molecule has 0 aliphatic carbocycles. The van der Waals surface area contributed by atoms with Gasteiger partial charge in [0.15, 0.2) is 5.13 Å². The summed E-state index contributed by atoms with van der Waals surface area (Å²) in [5.41, 5.74) is 1.72. The van der Waals surface area contributed by atoms with Crippen molar-refractivity contribution >= 4 is 16.5 Å². The van der Waals surface area contributed by atoms with Gasteiger partial charge in [-0.2, -0.15) is 0 Å². The number of ether oxygens (including phenoxy) is 1. The molecule has 1 aromatic heterocycles. The van der Waals surface area contributed by atoms with Gasteiger partial charge in [-0.1, -0.05) is 12.1 Å². The molecule has 1 atom stereocenters. The normalized spacial score (nSPS) is 21.0. The molecular formula is C18H24N2O3S. The van der Waals surface area contributed by atoms with Gasteiger partial charge < -0.3 is 19.8 Å². The third-order valence-electron chi connectivity index (χ3n) is 4.68. The Morgan fingerprint density at radius 1 is 1.38 bits per heavy atom. The SMILES string of the molecule is COc1cccc(C[C@]2(CO)CCCN(c3nc(CO)cs3)C2)c1. The van der Waals surface area contributed by atoms with Crippen LogP contribution in [0.2, 0.25) is 0 Å². The topological polar surface area (TPSA) is 65.8 Å². The molecule has 2 N–H and O–H groups in total. The summed E-state index contributed by atoms with van der Waals surface area (Å²) in [4.78, 5) is 6.72. The standard InChI is InChI=1S/C18H24N2O3S/c1-23-16-5-2-4-14(8-16)9-18(13-22)6-3-7-20(12-18)17-19-15(10-21)11-24-17/h2,4-5,8,11,21-22H,3,6-7,9-10,12-13H2,1H3/t18-/m1/s1. The Labute approximate surface area is 146 Å². The molecule has 1 aromatic carbocycles. The number of nitrogens with zero attached hydrogens (tertiary/aromatic N) is 2. The van der Waals surface area contributed by atoms with E-state index >= 15 is 0 Å². The van der Waals surface area contributed by atoms with Crippen LogP contribution in [0.1, 0.15) is 24.1 Å². The number of aromatic nitrogens is 1. The van der Waals surface area contributed by atoms with E-state index in [4.69, 9.17) is 4.74 Å². The van der Waals surface area contributed by atoms with Crippen molar-refractivity contribution in [2.24, 2.45) is 5.41 Å². The van der Waals surface area contributed by atoms with Gasteiger partial charge in [0, 0.05) is 23.9 Å². The van der Waals surface area contributed by atoms with Crippen LogP contribution in [0.3, 0.4) is 0 Å². The maximum absolute atomic E-state index is 10.1. The molecule has 0 amide bonds. The zero-order valence-corrected chi connectivity index (χ0v) is 14.8. The van der Waals surface area contributed by atoms with E-state index in [9.17, 15) is 10.2 Å². The second kappa shape index (κ2) is 7.51. The number of benzene rings is 1. The zero-order chi connectivity index (χ0) is 17.0. The summed E-state index contributed by atoms with van der Waals surface area (Å²) in [7, 11) is 1.67. The number of hydrogen-bond acceptors (Lipinski definition) is 6. The summed E-state index contributed by atoms with van der Waals surface area (Å²) < 4.78 is 5.31. The fraction of sp³-hybridized carbons (Fsp3) is 0.500. The van der Waals surface area contributed by atoms with Crippen LogP contribution in [0.15, 0.2) is 29.6 Å². The molecule has 0 saturated carbocycles. The van der Waals surface area contributed by atoms with Crippen LogP contribution in [0, 0.1) is 5.41 Å². The molecule has 0 unspecified atom stereocenters. The summed E-state index contributed by atoms with van der Waals surface area (Å²) in [6.07, 6.45) is 2.84. The molecule has 24 heavy (non-hydrogen) atoms. The first-order valence-electron chi connectivity index (χ1n) is 8.22. The fourth-order valence-electron chi connectivity index (χ4n) is 3.43.